The molecule has 7 nitrogen and oxygen atoms in total. The number of nitrogens with zero attached hydrogens (tertiary/aromatic N) is 3. The standard InChI is InChI=1S/C18H18N4O3S/c1-3-25-14-6-4-13(5-7-14)15-8-9-18(24)22(20-15)11-16(23)19-17-10-12(2)21-26-17/h4-10H,3,11H2,1-2H3,(H,19,23). The summed E-state index contributed by atoms with van der Waals surface area (Å²) in [7, 11) is 0. The number of hydrogen-bond acceptors (Lipinski definition) is 6. The van der Waals surface area contributed by atoms with E-state index in [1.54, 1.807) is 12.1 Å². The van der Waals surface area contributed by atoms with Crippen molar-refractivity contribution in [2.45, 2.75) is 20.4 Å². The summed E-state index contributed by atoms with van der Waals surface area (Å²) in [5.41, 5.74) is 1.93. The molecule has 134 valence electrons. The second-order valence-electron chi connectivity index (χ2n) is 5.55. The monoisotopic (exact) mass is 370 g/mol. The van der Waals surface area contributed by atoms with Crippen LogP contribution in [0.1, 0.15) is 12.6 Å². The predicted molar refractivity (Wildman–Crippen MR) is 101 cm³/mol. The fourth-order valence-corrected chi connectivity index (χ4v) is 3.02. The molecule has 0 aliphatic rings. The van der Waals surface area contributed by atoms with Gasteiger partial charge in [-0.05, 0) is 61.8 Å². The smallest absolute Gasteiger partial charge is 0.267 e. The molecule has 0 saturated carbocycles. The van der Waals surface area contributed by atoms with Crippen LogP contribution in [0.15, 0.2) is 47.3 Å². The molecule has 2 heterocycles. The summed E-state index contributed by atoms with van der Waals surface area (Å²) in [5.74, 6) is 0.441. The van der Waals surface area contributed by atoms with E-state index >= 15 is 0 Å². The Hall–Kier alpha value is -3.00. The Morgan fingerprint density at radius 3 is 2.65 bits per heavy atom. The van der Waals surface area contributed by atoms with Gasteiger partial charge in [0.1, 0.15) is 17.3 Å². The van der Waals surface area contributed by atoms with Crippen LogP contribution < -0.4 is 15.6 Å². The Kier molecular flexibility index (Phi) is 5.43. The van der Waals surface area contributed by atoms with Crippen LogP contribution in [0.2, 0.25) is 0 Å². The van der Waals surface area contributed by atoms with Crippen LogP contribution in [0.3, 0.4) is 0 Å². The summed E-state index contributed by atoms with van der Waals surface area (Å²) in [6, 6.07) is 12.2. The first-order chi connectivity index (χ1) is 12.5. The van der Waals surface area contributed by atoms with Gasteiger partial charge in [-0.25, -0.2) is 4.68 Å². The molecule has 1 amide bonds. The third-order valence-corrected chi connectivity index (χ3v) is 4.31. The van der Waals surface area contributed by atoms with Crippen molar-refractivity contribution in [2.24, 2.45) is 0 Å². The average Bonchev–Trinajstić information content (AvgIpc) is 3.02. The van der Waals surface area contributed by atoms with Gasteiger partial charge in [0.15, 0.2) is 0 Å². The lowest BCUT2D eigenvalue weighted by Gasteiger charge is -2.08. The van der Waals surface area contributed by atoms with E-state index in [0.717, 1.165) is 21.7 Å². The van der Waals surface area contributed by atoms with Gasteiger partial charge in [-0.15, -0.1) is 0 Å². The lowest BCUT2D eigenvalue weighted by Crippen LogP contribution is -2.29. The highest BCUT2D eigenvalue weighted by Gasteiger charge is 2.10. The average molecular weight is 370 g/mol. The van der Waals surface area contributed by atoms with E-state index in [1.165, 1.54) is 17.6 Å². The number of carbonyl (C=O) groups is 1. The van der Waals surface area contributed by atoms with Gasteiger partial charge in [-0.2, -0.15) is 9.47 Å². The number of ether oxygens (including phenoxy) is 1. The quantitative estimate of drug-likeness (QED) is 0.721. The second kappa shape index (κ2) is 7.92. The highest BCUT2D eigenvalue weighted by molar-refractivity contribution is 7.10. The van der Waals surface area contributed by atoms with E-state index in [2.05, 4.69) is 14.8 Å². The Bertz CT molecular complexity index is 963. The minimum Gasteiger partial charge on any atom is -0.494 e. The van der Waals surface area contributed by atoms with Crippen LogP contribution in [0.25, 0.3) is 11.3 Å². The third kappa shape index (κ3) is 4.34. The molecule has 0 spiro atoms. The van der Waals surface area contributed by atoms with Gasteiger partial charge in [-0.1, -0.05) is 0 Å². The fourth-order valence-electron chi connectivity index (χ4n) is 2.34. The molecule has 2 aromatic heterocycles. The summed E-state index contributed by atoms with van der Waals surface area (Å²) in [4.78, 5) is 24.2. The maximum absolute atomic E-state index is 12.2. The Balaban J connectivity index is 1.76. The van der Waals surface area contributed by atoms with Crippen LogP contribution in [0.4, 0.5) is 5.00 Å². The lowest BCUT2D eigenvalue weighted by atomic mass is 10.1. The number of aryl methyl sites for hydroxylation is 1. The first-order valence-corrected chi connectivity index (χ1v) is 8.87. The summed E-state index contributed by atoms with van der Waals surface area (Å²) >= 11 is 1.20. The molecule has 26 heavy (non-hydrogen) atoms. The number of benzene rings is 1. The summed E-state index contributed by atoms with van der Waals surface area (Å²) < 4.78 is 10.7. The van der Waals surface area contributed by atoms with E-state index in [0.29, 0.717) is 17.3 Å². The molecule has 0 aliphatic carbocycles. The molecule has 8 heteroatoms. The Morgan fingerprint density at radius 1 is 1.23 bits per heavy atom. The molecule has 0 atom stereocenters. The third-order valence-electron chi connectivity index (χ3n) is 3.51. The largest absolute Gasteiger partial charge is 0.494 e. The van der Waals surface area contributed by atoms with Crippen molar-refractivity contribution in [3.05, 3.63) is 58.5 Å². The Labute approximate surface area is 154 Å². The van der Waals surface area contributed by atoms with Crippen LogP contribution in [-0.4, -0.2) is 26.7 Å². The summed E-state index contributed by atoms with van der Waals surface area (Å²) in [6.45, 7) is 4.19. The van der Waals surface area contributed by atoms with E-state index in [-0.39, 0.29) is 18.0 Å². The van der Waals surface area contributed by atoms with Crippen LogP contribution in [-0.2, 0) is 11.3 Å². The zero-order chi connectivity index (χ0) is 18.5. The number of amides is 1. The topological polar surface area (TPSA) is 86.1 Å². The van der Waals surface area contributed by atoms with Crippen molar-refractivity contribution in [2.75, 3.05) is 11.9 Å². The minimum atomic E-state index is -0.338. The molecule has 1 aromatic carbocycles. The van der Waals surface area contributed by atoms with Crippen molar-refractivity contribution < 1.29 is 9.53 Å². The van der Waals surface area contributed by atoms with E-state index in [4.69, 9.17) is 4.74 Å². The van der Waals surface area contributed by atoms with Gasteiger partial charge >= 0.3 is 0 Å². The highest BCUT2D eigenvalue weighted by Crippen LogP contribution is 2.20. The number of carbonyl (C=O) groups excluding carboxylic acids is 1. The summed E-state index contributed by atoms with van der Waals surface area (Å²) in [6.07, 6.45) is 0. The normalized spacial score (nSPS) is 10.5. The van der Waals surface area contributed by atoms with Crippen molar-refractivity contribution in [1.82, 2.24) is 14.2 Å². The lowest BCUT2D eigenvalue weighted by molar-refractivity contribution is -0.116. The molecule has 3 aromatic rings. The van der Waals surface area contributed by atoms with Gasteiger partial charge < -0.3 is 10.1 Å². The van der Waals surface area contributed by atoms with Gasteiger partial charge in [0, 0.05) is 11.6 Å². The highest BCUT2D eigenvalue weighted by atomic mass is 32.1. The van der Waals surface area contributed by atoms with Crippen molar-refractivity contribution in [3.63, 3.8) is 0 Å². The van der Waals surface area contributed by atoms with Crippen LogP contribution >= 0.6 is 11.5 Å². The molecule has 0 aliphatic heterocycles. The van der Waals surface area contributed by atoms with Crippen LogP contribution in [0.5, 0.6) is 5.75 Å². The number of aromatic nitrogens is 3. The maximum atomic E-state index is 12.2. The van der Waals surface area contributed by atoms with E-state index in [9.17, 15) is 9.59 Å². The van der Waals surface area contributed by atoms with Gasteiger partial charge in [0.2, 0.25) is 5.91 Å². The molecule has 0 unspecified atom stereocenters. The molecular weight excluding hydrogens is 352 g/mol. The number of hydrogen-bond donors (Lipinski definition) is 1. The molecule has 0 radical (unpaired) electrons. The fraction of sp³-hybridized carbons (Fsp3) is 0.222. The van der Waals surface area contributed by atoms with E-state index in [1.807, 2.05) is 38.1 Å². The van der Waals surface area contributed by atoms with Crippen molar-refractivity contribution >= 4 is 22.4 Å². The summed E-state index contributed by atoms with van der Waals surface area (Å²) in [5, 5.41) is 7.66. The maximum Gasteiger partial charge on any atom is 0.267 e. The van der Waals surface area contributed by atoms with E-state index < -0.39 is 0 Å². The number of nitrogens with one attached hydrogen (secondary N) is 1. The zero-order valence-electron chi connectivity index (χ0n) is 14.4. The van der Waals surface area contributed by atoms with Crippen molar-refractivity contribution in [1.29, 1.82) is 0 Å². The molecule has 1 N–H and O–H groups in total. The van der Waals surface area contributed by atoms with Crippen LogP contribution in [0, 0.1) is 6.92 Å². The SMILES string of the molecule is CCOc1ccc(-c2ccc(=O)n(CC(=O)Nc3cc(C)ns3)n2)cc1. The first kappa shape index (κ1) is 17.8. The van der Waals surface area contributed by atoms with Crippen molar-refractivity contribution in [3.8, 4) is 17.0 Å². The molecular formula is C18H18N4O3S. The van der Waals surface area contributed by atoms with Gasteiger partial charge in [-0.3, -0.25) is 9.59 Å². The molecule has 0 saturated heterocycles. The molecule has 0 bridgehead atoms. The predicted octanol–water partition coefficient (Wildman–Crippen LogP) is 2.71. The number of rotatable bonds is 6. The minimum absolute atomic E-state index is 0.166. The second-order valence-corrected chi connectivity index (χ2v) is 6.36. The van der Waals surface area contributed by atoms with Gasteiger partial charge in [0.25, 0.3) is 5.56 Å². The molecule has 3 rings (SSSR count). The molecule has 0 fully saturated rings. The number of anilines is 1. The zero-order valence-corrected chi connectivity index (χ0v) is 15.2. The van der Waals surface area contributed by atoms with Gasteiger partial charge in [0.05, 0.1) is 18.0 Å². The Morgan fingerprint density at radius 2 is 2.00 bits per heavy atom. The first-order valence-electron chi connectivity index (χ1n) is 8.09.